The zero-order valence-electron chi connectivity index (χ0n) is 16.7. The van der Waals surface area contributed by atoms with Crippen molar-refractivity contribution in [2.45, 2.75) is 64.3 Å². The number of imide groups is 1. The van der Waals surface area contributed by atoms with Crippen molar-refractivity contribution in [1.29, 1.82) is 0 Å². The maximum Gasteiger partial charge on any atom is 0.329 e. The molecule has 27 heavy (non-hydrogen) atoms. The monoisotopic (exact) mass is 390 g/mol. The summed E-state index contributed by atoms with van der Waals surface area (Å²) in [7, 11) is -1.70. The Bertz CT molecular complexity index is 676. The number of urea groups is 1. The number of hydrogen-bond acceptors (Lipinski definition) is 4. The molecule has 1 unspecified atom stereocenters. The summed E-state index contributed by atoms with van der Waals surface area (Å²) in [5.41, 5.74) is 0.534. The van der Waals surface area contributed by atoms with Crippen molar-refractivity contribution >= 4 is 20.3 Å². The first kappa shape index (κ1) is 20.0. The van der Waals surface area contributed by atoms with Crippen LogP contribution >= 0.6 is 0 Å². The van der Waals surface area contributed by atoms with Gasteiger partial charge < -0.3 is 9.16 Å². The van der Waals surface area contributed by atoms with Gasteiger partial charge in [-0.05, 0) is 44.6 Å². The number of hydrogen-bond donors (Lipinski definition) is 0. The Kier molecular flexibility index (Phi) is 6.03. The first-order chi connectivity index (χ1) is 12.8. The summed E-state index contributed by atoms with van der Waals surface area (Å²) in [5, 5.41) is 0. The zero-order valence-corrected chi connectivity index (χ0v) is 17.7. The average Bonchev–Trinajstić information content (AvgIpc) is 3.02. The molecule has 0 N–H and O–H groups in total. The van der Waals surface area contributed by atoms with Gasteiger partial charge in [-0.15, -0.1) is 0 Å². The molecule has 0 radical (unpaired) electrons. The maximum atomic E-state index is 13.0. The van der Waals surface area contributed by atoms with Crippen LogP contribution in [0.25, 0.3) is 0 Å². The first-order valence-electron chi connectivity index (χ1n) is 9.81. The molecule has 1 aromatic rings. The number of amides is 3. The highest BCUT2D eigenvalue weighted by molar-refractivity contribution is 6.69. The number of benzene rings is 1. The summed E-state index contributed by atoms with van der Waals surface area (Å²) in [6.45, 7) is 9.63. The molecule has 3 rings (SSSR count). The number of nitrogens with zero attached hydrogens (tertiary/aromatic N) is 2. The Morgan fingerprint density at radius 1 is 1.22 bits per heavy atom. The number of carbonyl (C=O) groups excluding carboxylic acids is 2. The third-order valence-electron chi connectivity index (χ3n) is 4.96. The predicted molar refractivity (Wildman–Crippen MR) is 106 cm³/mol. The fourth-order valence-electron chi connectivity index (χ4n) is 3.77. The molecule has 3 atom stereocenters. The summed E-state index contributed by atoms with van der Waals surface area (Å²) in [5.74, 6) is -0.245. The summed E-state index contributed by atoms with van der Waals surface area (Å²) in [6.07, 6.45) is 1.95. The molecule has 2 heterocycles. The van der Waals surface area contributed by atoms with Gasteiger partial charge in [-0.1, -0.05) is 25.1 Å². The Morgan fingerprint density at radius 3 is 2.56 bits per heavy atom. The lowest BCUT2D eigenvalue weighted by molar-refractivity contribution is -0.0538. The average molecular weight is 391 g/mol. The Morgan fingerprint density at radius 2 is 1.93 bits per heavy atom. The summed E-state index contributed by atoms with van der Waals surface area (Å²) >= 11 is 0. The van der Waals surface area contributed by atoms with E-state index in [2.05, 4.69) is 26.6 Å². The third kappa shape index (κ3) is 4.59. The molecule has 2 aliphatic rings. The van der Waals surface area contributed by atoms with Crippen LogP contribution in [0.5, 0.6) is 0 Å². The highest BCUT2D eigenvalue weighted by Gasteiger charge is 2.44. The normalized spacial score (nSPS) is 26.5. The van der Waals surface area contributed by atoms with E-state index in [1.165, 1.54) is 4.90 Å². The van der Waals surface area contributed by atoms with Crippen LogP contribution in [-0.2, 0) is 9.16 Å². The van der Waals surface area contributed by atoms with E-state index in [1.54, 1.807) is 17.0 Å². The smallest absolute Gasteiger partial charge is 0.329 e. The van der Waals surface area contributed by atoms with E-state index in [1.807, 2.05) is 18.2 Å². The first-order valence-corrected chi connectivity index (χ1v) is 13.2. The molecule has 148 valence electrons. The number of carbonyl (C=O) groups is 2. The van der Waals surface area contributed by atoms with E-state index >= 15 is 0 Å². The fraction of sp³-hybridized carbons (Fsp3) is 0.600. The van der Waals surface area contributed by atoms with Crippen LogP contribution in [0.4, 0.5) is 4.79 Å². The Hall–Kier alpha value is -1.70. The highest BCUT2D eigenvalue weighted by atomic mass is 28.4. The van der Waals surface area contributed by atoms with Gasteiger partial charge in [-0.25, -0.2) is 4.79 Å². The maximum absolute atomic E-state index is 13.0. The molecule has 0 saturated carbocycles. The van der Waals surface area contributed by atoms with Gasteiger partial charge in [-0.3, -0.25) is 14.6 Å². The molecular formula is C20H30N2O4Si. The summed E-state index contributed by atoms with van der Waals surface area (Å²) in [4.78, 5) is 28.8. The quantitative estimate of drug-likeness (QED) is 0.719. The van der Waals surface area contributed by atoms with Crippen LogP contribution < -0.4 is 0 Å². The molecule has 3 amide bonds. The standard InChI is InChI=1S/C20H30N2O4Si/c1-5-16-17(26-27(2,3)4)14-18(25-16)21-12-9-13-22(20(21)24)19(23)15-10-7-6-8-11-15/h6-8,10-11,16-18H,5,9,12-14H2,1-4H3/t16-,17?,18-/m1/s1. The van der Waals surface area contributed by atoms with Gasteiger partial charge in [0.15, 0.2) is 8.32 Å². The van der Waals surface area contributed by atoms with Crippen LogP contribution in [0.1, 0.15) is 36.5 Å². The molecular weight excluding hydrogens is 360 g/mol. The van der Waals surface area contributed by atoms with E-state index in [4.69, 9.17) is 9.16 Å². The van der Waals surface area contributed by atoms with Crippen LogP contribution in [-0.4, -0.2) is 61.6 Å². The van der Waals surface area contributed by atoms with Crippen molar-refractivity contribution in [3.8, 4) is 0 Å². The molecule has 2 fully saturated rings. The minimum absolute atomic E-state index is 0.00488. The van der Waals surface area contributed by atoms with Crippen molar-refractivity contribution in [3.63, 3.8) is 0 Å². The van der Waals surface area contributed by atoms with Crippen LogP contribution in [0.15, 0.2) is 30.3 Å². The second-order valence-corrected chi connectivity index (χ2v) is 12.7. The molecule has 0 bridgehead atoms. The van der Waals surface area contributed by atoms with Crippen molar-refractivity contribution in [2.24, 2.45) is 0 Å². The van der Waals surface area contributed by atoms with Gasteiger partial charge in [0.25, 0.3) is 5.91 Å². The zero-order chi connectivity index (χ0) is 19.6. The van der Waals surface area contributed by atoms with Gasteiger partial charge in [0.1, 0.15) is 6.23 Å². The summed E-state index contributed by atoms with van der Waals surface area (Å²) < 4.78 is 12.5. The van der Waals surface area contributed by atoms with Crippen molar-refractivity contribution < 1.29 is 18.8 Å². The van der Waals surface area contributed by atoms with E-state index in [0.29, 0.717) is 25.1 Å². The number of ether oxygens (including phenoxy) is 1. The second kappa shape index (κ2) is 8.12. The van der Waals surface area contributed by atoms with Crippen molar-refractivity contribution in [2.75, 3.05) is 13.1 Å². The van der Waals surface area contributed by atoms with Gasteiger partial charge in [0, 0.05) is 25.1 Å². The van der Waals surface area contributed by atoms with E-state index in [-0.39, 0.29) is 30.4 Å². The molecule has 0 spiro atoms. The second-order valence-electron chi connectivity index (χ2n) is 8.19. The SMILES string of the molecule is CC[C@H]1O[C@@H](N2CCCN(C(=O)c3ccccc3)C2=O)CC1O[Si](C)(C)C. The molecule has 7 heteroatoms. The van der Waals surface area contributed by atoms with Gasteiger partial charge in [-0.2, -0.15) is 0 Å². The molecule has 0 aromatic heterocycles. The fourth-order valence-corrected chi connectivity index (χ4v) is 4.93. The molecule has 1 aromatic carbocycles. The predicted octanol–water partition coefficient (Wildman–Crippen LogP) is 3.70. The molecule has 6 nitrogen and oxygen atoms in total. The Balaban J connectivity index is 1.71. The molecule has 2 saturated heterocycles. The van der Waals surface area contributed by atoms with Crippen LogP contribution in [0.2, 0.25) is 19.6 Å². The largest absolute Gasteiger partial charge is 0.412 e. The minimum atomic E-state index is -1.70. The molecule has 2 aliphatic heterocycles. The van der Waals surface area contributed by atoms with Crippen LogP contribution in [0, 0.1) is 0 Å². The van der Waals surface area contributed by atoms with Gasteiger partial charge in [0.05, 0.1) is 12.2 Å². The van der Waals surface area contributed by atoms with E-state index < -0.39 is 8.32 Å². The van der Waals surface area contributed by atoms with Crippen LogP contribution in [0.3, 0.4) is 0 Å². The lowest BCUT2D eigenvalue weighted by Crippen LogP contribution is -2.55. The molecule has 0 aliphatic carbocycles. The van der Waals surface area contributed by atoms with E-state index in [9.17, 15) is 9.59 Å². The van der Waals surface area contributed by atoms with Gasteiger partial charge >= 0.3 is 6.03 Å². The highest BCUT2D eigenvalue weighted by Crippen LogP contribution is 2.31. The van der Waals surface area contributed by atoms with Crippen molar-refractivity contribution in [1.82, 2.24) is 9.80 Å². The lowest BCUT2D eigenvalue weighted by Gasteiger charge is -2.37. The van der Waals surface area contributed by atoms with Crippen molar-refractivity contribution in [3.05, 3.63) is 35.9 Å². The summed E-state index contributed by atoms with van der Waals surface area (Å²) in [6, 6.07) is 8.70. The van der Waals surface area contributed by atoms with Gasteiger partial charge in [0.2, 0.25) is 0 Å². The van der Waals surface area contributed by atoms with E-state index in [0.717, 1.165) is 12.8 Å². The lowest BCUT2D eigenvalue weighted by atomic mass is 10.1. The topological polar surface area (TPSA) is 59.1 Å². The minimum Gasteiger partial charge on any atom is -0.412 e. The Labute approximate surface area is 162 Å². The number of rotatable bonds is 5. The third-order valence-corrected chi connectivity index (χ3v) is 5.97.